The molecule has 2 aromatic carbocycles. The molecule has 0 spiro atoms. The Labute approximate surface area is 178 Å². The highest BCUT2D eigenvalue weighted by Gasteiger charge is 2.24. The number of carbonyl (C=O) groups excluding carboxylic acids is 2. The van der Waals surface area contributed by atoms with Gasteiger partial charge in [-0.2, -0.15) is 0 Å². The van der Waals surface area contributed by atoms with Gasteiger partial charge in [-0.3, -0.25) is 14.7 Å². The van der Waals surface area contributed by atoms with Gasteiger partial charge >= 0.3 is 6.03 Å². The lowest BCUT2D eigenvalue weighted by Crippen LogP contribution is -2.33. The van der Waals surface area contributed by atoms with Crippen LogP contribution < -0.4 is 20.3 Å². The van der Waals surface area contributed by atoms with E-state index in [-0.39, 0.29) is 17.6 Å². The van der Waals surface area contributed by atoms with Crippen LogP contribution >= 0.6 is 11.6 Å². The molecule has 0 fully saturated rings. The molecule has 0 bridgehead atoms. The van der Waals surface area contributed by atoms with Crippen LogP contribution in [0.2, 0.25) is 5.02 Å². The number of fused-ring (bicyclic) bond motifs is 1. The number of rotatable bonds is 4. The first-order valence-corrected chi connectivity index (χ1v) is 9.74. The van der Waals surface area contributed by atoms with Gasteiger partial charge in [-0.25, -0.2) is 4.79 Å². The number of nitrogens with one attached hydrogen (secondary N) is 2. The van der Waals surface area contributed by atoms with Crippen LogP contribution in [0.25, 0.3) is 0 Å². The summed E-state index contributed by atoms with van der Waals surface area (Å²) in [6.45, 7) is 0.610. The molecule has 0 saturated heterocycles. The van der Waals surface area contributed by atoms with E-state index >= 15 is 0 Å². The molecule has 152 valence electrons. The van der Waals surface area contributed by atoms with Crippen molar-refractivity contribution in [1.82, 2.24) is 10.3 Å². The zero-order chi connectivity index (χ0) is 21.1. The number of carbonyl (C=O) groups is 2. The second-order valence-electron chi connectivity index (χ2n) is 6.69. The van der Waals surface area contributed by atoms with E-state index in [1.54, 1.807) is 54.4 Å². The molecule has 0 unspecified atom stereocenters. The number of hydrogen-bond donors (Lipinski definition) is 2. The Morgan fingerprint density at radius 2 is 1.87 bits per heavy atom. The topological polar surface area (TPSA) is 83.6 Å². The third-order valence-corrected chi connectivity index (χ3v) is 4.95. The predicted octanol–water partition coefficient (Wildman–Crippen LogP) is 4.48. The van der Waals surface area contributed by atoms with Crippen LogP contribution in [0.5, 0.6) is 11.5 Å². The number of benzene rings is 2. The Bertz CT molecular complexity index is 1100. The third-order valence-electron chi connectivity index (χ3n) is 4.71. The van der Waals surface area contributed by atoms with E-state index < -0.39 is 0 Å². The summed E-state index contributed by atoms with van der Waals surface area (Å²) in [5.41, 5.74) is 2.86. The van der Waals surface area contributed by atoms with Gasteiger partial charge in [0.25, 0.3) is 5.91 Å². The van der Waals surface area contributed by atoms with Gasteiger partial charge in [-0.15, -0.1) is 0 Å². The van der Waals surface area contributed by atoms with Gasteiger partial charge < -0.3 is 15.4 Å². The molecule has 7 nitrogen and oxygen atoms in total. The van der Waals surface area contributed by atoms with Crippen LogP contribution in [0.3, 0.4) is 0 Å². The summed E-state index contributed by atoms with van der Waals surface area (Å²) in [6.07, 6.45) is 2.29. The first kappa shape index (κ1) is 19.7. The number of amides is 3. The maximum atomic E-state index is 12.7. The molecule has 0 saturated carbocycles. The monoisotopic (exact) mass is 422 g/mol. The normalized spacial score (nSPS) is 12.3. The van der Waals surface area contributed by atoms with Crippen molar-refractivity contribution in [2.45, 2.75) is 6.42 Å². The fraction of sp³-hybridized carbons (Fsp3) is 0.136. The third kappa shape index (κ3) is 4.21. The van der Waals surface area contributed by atoms with E-state index in [9.17, 15) is 9.59 Å². The molecule has 1 aliphatic heterocycles. The largest absolute Gasteiger partial charge is 0.457 e. The predicted molar refractivity (Wildman–Crippen MR) is 116 cm³/mol. The zero-order valence-corrected chi connectivity index (χ0v) is 16.9. The van der Waals surface area contributed by atoms with Crippen molar-refractivity contribution in [3.63, 3.8) is 0 Å². The zero-order valence-electron chi connectivity index (χ0n) is 16.2. The van der Waals surface area contributed by atoms with Crippen molar-refractivity contribution in [1.29, 1.82) is 0 Å². The van der Waals surface area contributed by atoms with Crippen LogP contribution in [-0.4, -0.2) is 30.5 Å². The van der Waals surface area contributed by atoms with Gasteiger partial charge in [0.05, 0.1) is 0 Å². The smallest absolute Gasteiger partial charge is 0.326 e. The van der Waals surface area contributed by atoms with E-state index in [1.165, 1.54) is 6.20 Å². The highest BCUT2D eigenvalue weighted by atomic mass is 35.5. The van der Waals surface area contributed by atoms with Crippen molar-refractivity contribution < 1.29 is 14.3 Å². The van der Waals surface area contributed by atoms with E-state index in [1.807, 2.05) is 12.1 Å². The number of aromatic nitrogens is 1. The molecule has 1 aliphatic rings. The van der Waals surface area contributed by atoms with Crippen LogP contribution in [0, 0.1) is 0 Å². The number of hydrogen-bond acceptors (Lipinski definition) is 4. The number of urea groups is 1. The Hall–Kier alpha value is -3.58. The van der Waals surface area contributed by atoms with E-state index in [2.05, 4.69) is 15.6 Å². The molecule has 0 atom stereocenters. The molecule has 30 heavy (non-hydrogen) atoms. The standard InChI is InChI=1S/C22H19ClN4O3/c1-24-21(28)19-13-18(8-10-25-19)30-17-5-3-16(4-6-17)26-22(29)27-11-9-14-12-15(23)2-7-20(14)27/h2-8,10,12-13H,9,11H2,1H3,(H,24,28)(H,26,29). The fourth-order valence-corrected chi connectivity index (χ4v) is 3.44. The Balaban J connectivity index is 1.41. The van der Waals surface area contributed by atoms with Crippen LogP contribution in [0.15, 0.2) is 60.8 Å². The number of ether oxygens (including phenoxy) is 1. The summed E-state index contributed by atoms with van der Waals surface area (Å²) >= 11 is 6.03. The van der Waals surface area contributed by atoms with Gasteiger partial charge in [-0.1, -0.05) is 11.6 Å². The molecule has 0 radical (unpaired) electrons. The summed E-state index contributed by atoms with van der Waals surface area (Å²) in [7, 11) is 1.54. The molecule has 3 aromatic rings. The van der Waals surface area contributed by atoms with Crippen molar-refractivity contribution in [3.05, 3.63) is 77.1 Å². The van der Waals surface area contributed by atoms with E-state index in [0.717, 1.165) is 17.7 Å². The van der Waals surface area contributed by atoms with Gasteiger partial charge in [0, 0.05) is 42.3 Å². The van der Waals surface area contributed by atoms with Gasteiger partial charge in [-0.05, 0) is 60.5 Å². The summed E-state index contributed by atoms with van der Waals surface area (Å²) in [5, 5.41) is 6.09. The minimum Gasteiger partial charge on any atom is -0.457 e. The minimum atomic E-state index is -0.288. The van der Waals surface area contributed by atoms with Crippen molar-refractivity contribution in [3.8, 4) is 11.5 Å². The fourth-order valence-electron chi connectivity index (χ4n) is 3.24. The Morgan fingerprint density at radius 1 is 1.07 bits per heavy atom. The Kier molecular flexibility index (Phi) is 5.54. The van der Waals surface area contributed by atoms with E-state index in [0.29, 0.717) is 28.8 Å². The quantitative estimate of drug-likeness (QED) is 0.649. The SMILES string of the molecule is CNC(=O)c1cc(Oc2ccc(NC(=O)N3CCc4cc(Cl)ccc43)cc2)ccn1. The summed E-state index contributed by atoms with van der Waals surface area (Å²) in [4.78, 5) is 30.1. The molecule has 1 aromatic heterocycles. The maximum Gasteiger partial charge on any atom is 0.326 e. The van der Waals surface area contributed by atoms with Crippen molar-refractivity contribution >= 4 is 34.9 Å². The highest BCUT2D eigenvalue weighted by molar-refractivity contribution is 6.30. The average molecular weight is 423 g/mol. The minimum absolute atomic E-state index is 0.200. The molecular formula is C22H19ClN4O3. The first-order valence-electron chi connectivity index (χ1n) is 9.36. The summed E-state index contributed by atoms with van der Waals surface area (Å²) in [6, 6.07) is 15.6. The second kappa shape index (κ2) is 8.42. The Morgan fingerprint density at radius 3 is 2.63 bits per heavy atom. The number of anilines is 2. The van der Waals surface area contributed by atoms with Crippen LogP contribution in [0.1, 0.15) is 16.1 Å². The highest BCUT2D eigenvalue weighted by Crippen LogP contribution is 2.31. The van der Waals surface area contributed by atoms with Gasteiger partial charge in [0.2, 0.25) is 0 Å². The molecule has 2 heterocycles. The van der Waals surface area contributed by atoms with Gasteiger partial charge in [0.1, 0.15) is 17.2 Å². The summed E-state index contributed by atoms with van der Waals surface area (Å²) in [5.74, 6) is 0.778. The maximum absolute atomic E-state index is 12.7. The van der Waals surface area contributed by atoms with E-state index in [4.69, 9.17) is 16.3 Å². The molecule has 8 heteroatoms. The molecule has 0 aliphatic carbocycles. The lowest BCUT2D eigenvalue weighted by atomic mass is 10.2. The molecule has 4 rings (SSSR count). The molecular weight excluding hydrogens is 404 g/mol. The van der Waals surface area contributed by atoms with Crippen LogP contribution in [0.4, 0.5) is 16.2 Å². The van der Waals surface area contributed by atoms with Crippen molar-refractivity contribution in [2.24, 2.45) is 0 Å². The number of halogens is 1. The average Bonchev–Trinajstić information content (AvgIpc) is 3.18. The number of pyridine rings is 1. The van der Waals surface area contributed by atoms with Crippen molar-refractivity contribution in [2.75, 3.05) is 23.8 Å². The first-order chi connectivity index (χ1) is 14.5. The lowest BCUT2D eigenvalue weighted by molar-refractivity contribution is 0.0958. The summed E-state index contributed by atoms with van der Waals surface area (Å²) < 4.78 is 5.78. The lowest BCUT2D eigenvalue weighted by Gasteiger charge is -2.18. The molecule has 2 N–H and O–H groups in total. The van der Waals surface area contributed by atoms with Crippen LogP contribution in [-0.2, 0) is 6.42 Å². The second-order valence-corrected chi connectivity index (χ2v) is 7.12. The molecule has 3 amide bonds. The number of nitrogens with zero attached hydrogens (tertiary/aromatic N) is 2. The van der Waals surface area contributed by atoms with Gasteiger partial charge in [0.15, 0.2) is 0 Å².